The number of benzene rings is 2. The first kappa shape index (κ1) is 20.8. The van der Waals surface area contributed by atoms with Crippen molar-refractivity contribution in [2.45, 2.75) is 12.8 Å². The maximum Gasteiger partial charge on any atom is 0.255 e. The van der Waals surface area contributed by atoms with E-state index in [1.54, 1.807) is 18.2 Å². The lowest BCUT2D eigenvalue weighted by molar-refractivity contribution is 0.102. The minimum atomic E-state index is -0.371. The zero-order valence-electron chi connectivity index (χ0n) is 17.0. The van der Waals surface area contributed by atoms with Crippen LogP contribution in [-0.2, 0) is 0 Å². The van der Waals surface area contributed by atoms with Crippen LogP contribution in [0.5, 0.6) is 0 Å². The molecule has 0 atom stereocenters. The molecular weight excluding hydrogens is 401 g/mol. The van der Waals surface area contributed by atoms with Gasteiger partial charge in [-0.15, -0.1) is 0 Å². The van der Waals surface area contributed by atoms with Crippen LogP contribution in [0, 0.1) is 5.82 Å². The standard InChI is InChI=1S/C24H25ClFN3O/c1-29-12-8-17(9-13-29)21-4-2-18(14-23(21)26)24(30)28-19-3-5-20(22(25)15-19)16-6-10-27-11-7-16/h2-6,8,14-15,27H,7,9-13H2,1H3,(H,28,30). The Morgan fingerprint density at radius 3 is 2.57 bits per heavy atom. The highest BCUT2D eigenvalue weighted by molar-refractivity contribution is 6.32. The maximum absolute atomic E-state index is 14.7. The highest BCUT2D eigenvalue weighted by atomic mass is 35.5. The summed E-state index contributed by atoms with van der Waals surface area (Å²) < 4.78 is 14.7. The molecule has 4 nitrogen and oxygen atoms in total. The molecule has 0 saturated carbocycles. The summed E-state index contributed by atoms with van der Waals surface area (Å²) in [4.78, 5) is 14.8. The van der Waals surface area contributed by atoms with Crippen LogP contribution in [0.4, 0.5) is 10.1 Å². The van der Waals surface area contributed by atoms with Gasteiger partial charge in [-0.1, -0.05) is 35.9 Å². The summed E-state index contributed by atoms with van der Waals surface area (Å²) in [5.74, 6) is -0.729. The van der Waals surface area contributed by atoms with Gasteiger partial charge in [-0.2, -0.15) is 0 Å². The summed E-state index contributed by atoms with van der Waals surface area (Å²) in [7, 11) is 2.04. The Bertz CT molecular complexity index is 1030. The van der Waals surface area contributed by atoms with Crippen LogP contribution in [0.25, 0.3) is 11.1 Å². The largest absolute Gasteiger partial charge is 0.322 e. The Hall–Kier alpha value is -2.47. The second kappa shape index (κ2) is 9.13. The SMILES string of the molecule is CN1CC=C(c2ccc(C(=O)Nc3ccc(C4=CCNCC4)c(Cl)c3)cc2F)CC1. The lowest BCUT2D eigenvalue weighted by Gasteiger charge is -2.22. The van der Waals surface area contributed by atoms with Gasteiger partial charge in [0.1, 0.15) is 5.82 Å². The van der Waals surface area contributed by atoms with Gasteiger partial charge >= 0.3 is 0 Å². The van der Waals surface area contributed by atoms with Crippen molar-refractivity contribution in [2.24, 2.45) is 0 Å². The molecule has 0 aromatic heterocycles. The Morgan fingerprint density at radius 2 is 1.90 bits per heavy atom. The fraction of sp³-hybridized carbons (Fsp3) is 0.292. The van der Waals surface area contributed by atoms with Gasteiger partial charge in [-0.25, -0.2) is 4.39 Å². The van der Waals surface area contributed by atoms with Crippen molar-refractivity contribution in [3.8, 4) is 0 Å². The number of anilines is 1. The Labute approximate surface area is 181 Å². The van der Waals surface area contributed by atoms with E-state index in [4.69, 9.17) is 11.6 Å². The Morgan fingerprint density at radius 1 is 1.10 bits per heavy atom. The number of halogens is 2. The molecule has 1 amide bonds. The summed E-state index contributed by atoms with van der Waals surface area (Å²) >= 11 is 6.45. The molecule has 156 valence electrons. The quantitative estimate of drug-likeness (QED) is 0.737. The van der Waals surface area contributed by atoms with E-state index in [-0.39, 0.29) is 17.3 Å². The van der Waals surface area contributed by atoms with Crippen molar-refractivity contribution in [3.05, 3.63) is 76.1 Å². The van der Waals surface area contributed by atoms with Crippen LogP contribution < -0.4 is 10.6 Å². The summed E-state index contributed by atoms with van der Waals surface area (Å²) in [6.45, 7) is 3.47. The molecule has 30 heavy (non-hydrogen) atoms. The van der Waals surface area contributed by atoms with E-state index in [1.807, 2.05) is 25.3 Å². The van der Waals surface area contributed by atoms with E-state index >= 15 is 0 Å². The molecule has 4 rings (SSSR count). The molecule has 2 aromatic carbocycles. The highest BCUT2D eigenvalue weighted by Gasteiger charge is 2.16. The molecule has 0 fully saturated rings. The Balaban J connectivity index is 1.48. The third-order valence-electron chi connectivity index (χ3n) is 5.63. The van der Waals surface area contributed by atoms with Crippen LogP contribution in [0.1, 0.15) is 34.3 Å². The lowest BCUT2D eigenvalue weighted by atomic mass is 9.97. The van der Waals surface area contributed by atoms with Crippen molar-refractivity contribution < 1.29 is 9.18 Å². The average Bonchev–Trinajstić information content (AvgIpc) is 2.75. The molecule has 2 heterocycles. The predicted octanol–water partition coefficient (Wildman–Crippen LogP) is 4.83. The van der Waals surface area contributed by atoms with Gasteiger partial charge in [0.25, 0.3) is 5.91 Å². The monoisotopic (exact) mass is 425 g/mol. The second-order valence-electron chi connectivity index (χ2n) is 7.77. The van der Waals surface area contributed by atoms with Gasteiger partial charge in [-0.3, -0.25) is 4.79 Å². The fourth-order valence-corrected chi connectivity index (χ4v) is 4.16. The third kappa shape index (κ3) is 4.64. The van der Waals surface area contributed by atoms with Crippen LogP contribution in [-0.4, -0.2) is 44.0 Å². The van der Waals surface area contributed by atoms with Gasteiger partial charge in [-0.05, 0) is 67.4 Å². The van der Waals surface area contributed by atoms with Crippen molar-refractivity contribution in [2.75, 3.05) is 38.5 Å². The molecule has 0 radical (unpaired) electrons. The van der Waals surface area contributed by atoms with E-state index in [0.29, 0.717) is 16.3 Å². The van der Waals surface area contributed by atoms with Crippen molar-refractivity contribution in [1.29, 1.82) is 0 Å². The summed E-state index contributed by atoms with van der Waals surface area (Å²) in [5.41, 5.74) is 4.63. The number of carbonyl (C=O) groups is 1. The molecule has 0 spiro atoms. The highest BCUT2D eigenvalue weighted by Crippen LogP contribution is 2.30. The van der Waals surface area contributed by atoms with Crippen LogP contribution in [0.3, 0.4) is 0 Å². The minimum Gasteiger partial charge on any atom is -0.322 e. The molecule has 2 N–H and O–H groups in total. The van der Waals surface area contributed by atoms with E-state index < -0.39 is 0 Å². The minimum absolute atomic E-state index is 0.283. The zero-order chi connectivity index (χ0) is 21.1. The molecule has 2 aromatic rings. The number of rotatable bonds is 4. The number of hydrogen-bond donors (Lipinski definition) is 2. The summed E-state index contributed by atoms with van der Waals surface area (Å²) in [6.07, 6.45) is 5.90. The molecule has 0 aliphatic carbocycles. The molecule has 0 saturated heterocycles. The first-order valence-electron chi connectivity index (χ1n) is 10.2. The van der Waals surface area contributed by atoms with Crippen molar-refractivity contribution in [1.82, 2.24) is 10.2 Å². The molecule has 2 aliphatic heterocycles. The zero-order valence-corrected chi connectivity index (χ0v) is 17.7. The number of likely N-dealkylation sites (N-methyl/N-ethyl adjacent to an activating group) is 1. The molecule has 6 heteroatoms. The maximum atomic E-state index is 14.7. The average molecular weight is 426 g/mol. The third-order valence-corrected chi connectivity index (χ3v) is 5.94. The molecule has 0 unspecified atom stereocenters. The summed E-state index contributed by atoms with van der Waals surface area (Å²) in [5, 5.41) is 6.69. The number of nitrogens with one attached hydrogen (secondary N) is 2. The molecule has 0 bridgehead atoms. The second-order valence-corrected chi connectivity index (χ2v) is 8.18. The van der Waals surface area contributed by atoms with Crippen molar-refractivity contribution >= 4 is 34.3 Å². The normalized spacial score (nSPS) is 17.3. The number of amides is 1. The van der Waals surface area contributed by atoms with Crippen LogP contribution in [0.2, 0.25) is 5.02 Å². The van der Waals surface area contributed by atoms with Gasteiger partial charge in [0, 0.05) is 36.4 Å². The van der Waals surface area contributed by atoms with E-state index in [9.17, 15) is 9.18 Å². The first-order valence-corrected chi connectivity index (χ1v) is 10.6. The fourth-order valence-electron chi connectivity index (χ4n) is 3.86. The van der Waals surface area contributed by atoms with E-state index in [0.717, 1.165) is 50.2 Å². The number of carbonyl (C=O) groups excluding carboxylic acids is 1. The van der Waals surface area contributed by atoms with E-state index in [1.165, 1.54) is 11.6 Å². The smallest absolute Gasteiger partial charge is 0.255 e. The van der Waals surface area contributed by atoms with Crippen LogP contribution >= 0.6 is 11.6 Å². The Kier molecular flexibility index (Phi) is 6.32. The predicted molar refractivity (Wildman–Crippen MR) is 121 cm³/mol. The number of nitrogens with zero attached hydrogens (tertiary/aromatic N) is 1. The van der Waals surface area contributed by atoms with Gasteiger partial charge in [0.15, 0.2) is 0 Å². The van der Waals surface area contributed by atoms with Gasteiger partial charge in [0.05, 0.1) is 5.02 Å². The summed E-state index contributed by atoms with van der Waals surface area (Å²) in [6, 6.07) is 10.2. The van der Waals surface area contributed by atoms with Crippen molar-refractivity contribution in [3.63, 3.8) is 0 Å². The lowest BCUT2D eigenvalue weighted by Crippen LogP contribution is -2.24. The first-order chi connectivity index (χ1) is 14.5. The molecule has 2 aliphatic rings. The van der Waals surface area contributed by atoms with E-state index in [2.05, 4.69) is 21.6 Å². The number of hydrogen-bond acceptors (Lipinski definition) is 3. The van der Waals surface area contributed by atoms with Gasteiger partial charge in [0.2, 0.25) is 0 Å². The van der Waals surface area contributed by atoms with Crippen LogP contribution in [0.15, 0.2) is 48.6 Å². The van der Waals surface area contributed by atoms with Gasteiger partial charge < -0.3 is 15.5 Å². The topological polar surface area (TPSA) is 44.4 Å². The molecular formula is C24H25ClFN3O.